The normalized spacial score (nSPS) is 13.9. The van der Waals surface area contributed by atoms with Gasteiger partial charge in [0.2, 0.25) is 0 Å². The van der Waals surface area contributed by atoms with Crippen molar-refractivity contribution >= 4 is 39.5 Å². The first kappa shape index (κ1) is 109. The smallest absolute Gasteiger partial charge is 0.462 e. The quantitative estimate of drug-likeness (QED) is 0.0222. The van der Waals surface area contributed by atoms with Crippen molar-refractivity contribution < 1.29 is 80.2 Å². The summed E-state index contributed by atoms with van der Waals surface area (Å²) in [6.07, 6.45) is 80.5. The molecule has 19 heteroatoms. The van der Waals surface area contributed by atoms with Gasteiger partial charge in [0, 0.05) is 25.7 Å². The van der Waals surface area contributed by atoms with Gasteiger partial charge in [-0.2, -0.15) is 0 Å². The summed E-state index contributed by atoms with van der Waals surface area (Å²) < 4.78 is 69.1. The van der Waals surface area contributed by atoms with Gasteiger partial charge >= 0.3 is 39.5 Å². The minimum Gasteiger partial charge on any atom is -0.462 e. The van der Waals surface area contributed by atoms with Crippen molar-refractivity contribution in [1.82, 2.24) is 0 Å². The average molecular weight is 1620 g/mol. The van der Waals surface area contributed by atoms with Gasteiger partial charge in [0.25, 0.3) is 0 Å². The van der Waals surface area contributed by atoms with E-state index in [2.05, 4.69) is 34.6 Å². The predicted molar refractivity (Wildman–Crippen MR) is 460 cm³/mol. The maximum absolute atomic E-state index is 13.2. The third kappa shape index (κ3) is 84.3. The SMILES string of the molecule is CCCCCCCCCCCCCCCCCCCCCC(=O)OC[C@H](COP(=O)(O)OC[C@@H](O)COP(=O)(O)OC[C@@H](COC(=O)CCCCCCCCCCCCCCC)OC(=O)CCCCCCCCCCCCCCCCCCC)OC(=O)CCCCCCCCCCCCCCCCCCCCC(C)CC. The average Bonchev–Trinajstić information content (AvgIpc) is 0.899. The third-order valence-corrected chi connectivity index (χ3v) is 24.0. The lowest BCUT2D eigenvalue weighted by atomic mass is 9.99. The van der Waals surface area contributed by atoms with Crippen LogP contribution in [0.1, 0.15) is 503 Å². The zero-order chi connectivity index (χ0) is 81.1. The summed E-state index contributed by atoms with van der Waals surface area (Å²) in [6.45, 7) is 7.48. The van der Waals surface area contributed by atoms with Crippen molar-refractivity contribution in [2.45, 2.75) is 522 Å². The van der Waals surface area contributed by atoms with Crippen LogP contribution in [0.4, 0.5) is 0 Å². The Morgan fingerprint density at radius 3 is 0.640 bits per heavy atom. The van der Waals surface area contributed by atoms with E-state index in [4.69, 9.17) is 37.0 Å². The minimum atomic E-state index is -4.97. The van der Waals surface area contributed by atoms with E-state index in [0.29, 0.717) is 25.7 Å². The molecule has 0 heterocycles. The fraction of sp³-hybridized carbons (Fsp3) is 0.957. The van der Waals surface area contributed by atoms with Crippen molar-refractivity contribution in [2.24, 2.45) is 5.92 Å². The van der Waals surface area contributed by atoms with Gasteiger partial charge in [-0.15, -0.1) is 0 Å². The number of carbonyl (C=O) groups excluding carboxylic acids is 4. The van der Waals surface area contributed by atoms with Crippen LogP contribution >= 0.6 is 15.6 Å². The lowest BCUT2D eigenvalue weighted by molar-refractivity contribution is -0.161. The highest BCUT2D eigenvalue weighted by molar-refractivity contribution is 7.47. The molecule has 0 aromatic heterocycles. The van der Waals surface area contributed by atoms with Crippen LogP contribution in [0, 0.1) is 5.92 Å². The number of phosphoric acid groups is 2. The predicted octanol–water partition coefficient (Wildman–Crippen LogP) is 28.7. The second-order valence-electron chi connectivity index (χ2n) is 33.3. The van der Waals surface area contributed by atoms with Gasteiger partial charge in [0.1, 0.15) is 19.3 Å². The van der Waals surface area contributed by atoms with Gasteiger partial charge in [0.15, 0.2) is 12.2 Å². The molecule has 3 unspecified atom stereocenters. The van der Waals surface area contributed by atoms with E-state index in [1.165, 1.54) is 327 Å². The first-order chi connectivity index (χ1) is 54.1. The van der Waals surface area contributed by atoms with Gasteiger partial charge in [-0.05, 0) is 31.6 Å². The van der Waals surface area contributed by atoms with Crippen LogP contribution in [0.5, 0.6) is 0 Å². The molecule has 3 N–H and O–H groups in total. The van der Waals surface area contributed by atoms with Crippen LogP contribution < -0.4 is 0 Å². The molecule has 0 radical (unpaired) electrons. The Kier molecular flexibility index (Phi) is 83.0. The van der Waals surface area contributed by atoms with Crippen LogP contribution in [-0.4, -0.2) is 96.7 Å². The van der Waals surface area contributed by atoms with Crippen molar-refractivity contribution in [3.63, 3.8) is 0 Å². The Morgan fingerprint density at radius 1 is 0.252 bits per heavy atom. The number of ether oxygens (including phenoxy) is 4. The maximum Gasteiger partial charge on any atom is 0.472 e. The molecular weight excluding hydrogens is 1440 g/mol. The summed E-state index contributed by atoms with van der Waals surface area (Å²) >= 11 is 0. The first-order valence-electron chi connectivity index (χ1n) is 47.7. The maximum atomic E-state index is 13.2. The Morgan fingerprint density at radius 2 is 0.432 bits per heavy atom. The third-order valence-electron chi connectivity index (χ3n) is 22.1. The molecule has 111 heavy (non-hydrogen) atoms. The molecule has 6 atom stereocenters. The second kappa shape index (κ2) is 84.5. The number of aliphatic hydroxyl groups excluding tert-OH is 1. The van der Waals surface area contributed by atoms with E-state index in [9.17, 15) is 43.2 Å². The molecule has 0 bridgehead atoms. The van der Waals surface area contributed by atoms with Crippen LogP contribution in [0.2, 0.25) is 0 Å². The zero-order valence-electron chi connectivity index (χ0n) is 73.1. The summed E-state index contributed by atoms with van der Waals surface area (Å²) in [5.74, 6) is -1.22. The van der Waals surface area contributed by atoms with Crippen LogP contribution in [0.3, 0.4) is 0 Å². The summed E-state index contributed by atoms with van der Waals surface area (Å²) in [4.78, 5) is 73.5. The highest BCUT2D eigenvalue weighted by Crippen LogP contribution is 2.45. The molecule has 0 saturated heterocycles. The number of rotatable bonds is 92. The molecule has 0 aromatic rings. The Bertz CT molecular complexity index is 2100. The van der Waals surface area contributed by atoms with Crippen LogP contribution in [0.15, 0.2) is 0 Å². The van der Waals surface area contributed by atoms with E-state index in [0.717, 1.165) is 95.8 Å². The minimum absolute atomic E-state index is 0.109. The van der Waals surface area contributed by atoms with Gasteiger partial charge in [-0.1, -0.05) is 452 Å². The van der Waals surface area contributed by atoms with Gasteiger partial charge < -0.3 is 33.8 Å². The van der Waals surface area contributed by atoms with Crippen molar-refractivity contribution in [1.29, 1.82) is 0 Å². The van der Waals surface area contributed by atoms with Crippen LogP contribution in [0.25, 0.3) is 0 Å². The van der Waals surface area contributed by atoms with E-state index in [1.54, 1.807) is 0 Å². The standard InChI is InChI=1S/C92H180O17P2/c1-6-10-13-16-19-22-25-28-30-32-33-38-41-46-51-56-61-66-71-76-90(95)103-82-88(109-92(97)78-73-68-63-58-53-48-43-39-35-34-37-40-45-49-54-59-64-69-74-85(5)9-4)84-107-111(100,101)105-80-86(93)79-104-110(98,99)106-83-87(81-102-89(94)75-70-65-60-55-50-44-27-24-21-18-15-12-8-3)108-91(96)77-72-67-62-57-52-47-42-36-31-29-26-23-20-17-14-11-7-2/h85-88,93H,6-84H2,1-5H3,(H,98,99)(H,100,101)/t85?,86-,87+,88+/m0/s1. The molecule has 0 spiro atoms. The van der Waals surface area contributed by atoms with Crippen molar-refractivity contribution in [2.75, 3.05) is 39.6 Å². The summed E-state index contributed by atoms with van der Waals surface area (Å²) in [5, 5.41) is 10.7. The lowest BCUT2D eigenvalue weighted by Gasteiger charge is -2.21. The molecule has 0 aliphatic carbocycles. The molecule has 660 valence electrons. The van der Waals surface area contributed by atoms with Gasteiger partial charge in [-0.25, -0.2) is 9.13 Å². The lowest BCUT2D eigenvalue weighted by Crippen LogP contribution is -2.30. The van der Waals surface area contributed by atoms with Crippen LogP contribution in [-0.2, 0) is 65.4 Å². The molecule has 0 amide bonds. The molecule has 0 saturated carbocycles. The number of aliphatic hydroxyl groups is 1. The largest absolute Gasteiger partial charge is 0.472 e. The second-order valence-corrected chi connectivity index (χ2v) is 36.2. The molecule has 0 aliphatic heterocycles. The van der Waals surface area contributed by atoms with Crippen molar-refractivity contribution in [3.8, 4) is 0 Å². The van der Waals surface area contributed by atoms with Crippen molar-refractivity contribution in [3.05, 3.63) is 0 Å². The molecule has 0 aromatic carbocycles. The molecule has 17 nitrogen and oxygen atoms in total. The fourth-order valence-electron chi connectivity index (χ4n) is 14.5. The number of hydrogen-bond acceptors (Lipinski definition) is 15. The Hall–Kier alpha value is -1.94. The van der Waals surface area contributed by atoms with E-state index < -0.39 is 97.5 Å². The Balaban J connectivity index is 5.25. The summed E-state index contributed by atoms with van der Waals surface area (Å²) in [7, 11) is -9.94. The highest BCUT2D eigenvalue weighted by Gasteiger charge is 2.31. The number of carbonyl (C=O) groups is 4. The topological polar surface area (TPSA) is 237 Å². The van der Waals surface area contributed by atoms with E-state index >= 15 is 0 Å². The molecular formula is C92H180O17P2. The number of phosphoric ester groups is 2. The number of hydrogen-bond donors (Lipinski definition) is 3. The zero-order valence-corrected chi connectivity index (χ0v) is 74.9. The van der Waals surface area contributed by atoms with E-state index in [1.807, 2.05) is 0 Å². The highest BCUT2D eigenvalue weighted by atomic mass is 31.2. The number of esters is 4. The fourth-order valence-corrected chi connectivity index (χ4v) is 16.1. The van der Waals surface area contributed by atoms with Gasteiger partial charge in [0.05, 0.1) is 26.4 Å². The van der Waals surface area contributed by atoms with Gasteiger partial charge in [-0.3, -0.25) is 37.3 Å². The van der Waals surface area contributed by atoms with E-state index in [-0.39, 0.29) is 25.7 Å². The molecule has 0 rings (SSSR count). The summed E-state index contributed by atoms with van der Waals surface area (Å²) in [6, 6.07) is 0. The monoisotopic (exact) mass is 1620 g/mol. The molecule has 0 aliphatic rings. The molecule has 0 fully saturated rings. The number of unbranched alkanes of at least 4 members (excludes halogenated alkanes) is 63. The Labute approximate surface area is 683 Å². The summed E-state index contributed by atoms with van der Waals surface area (Å²) in [5.41, 5.74) is 0. The first-order valence-corrected chi connectivity index (χ1v) is 50.7.